The number of sulfone groups is 1. The minimum Gasteiger partial charge on any atom is -0.390 e. The standard InChI is InChI=1S/C23H29ClFN5O5S/c1-22(2,18(31)10-26)36(34,35)23(5-6-23)13-29-7-8-30-17(21(29)33)12-27-19(30)20(32)28-11-14-3-4-15(24)16(25)9-14/h3-4,9,12,18,31H,5-8,10-11,13,26H2,1-2H3,(H,28,32). The molecule has 10 nitrogen and oxygen atoms in total. The third-order valence-electron chi connectivity index (χ3n) is 7.17. The van der Waals surface area contributed by atoms with E-state index >= 15 is 0 Å². The fourth-order valence-electron chi connectivity index (χ4n) is 4.52. The third kappa shape index (κ3) is 4.40. The first-order valence-corrected chi connectivity index (χ1v) is 13.4. The van der Waals surface area contributed by atoms with Crippen LogP contribution < -0.4 is 11.1 Å². The van der Waals surface area contributed by atoms with Crippen LogP contribution in [0, 0.1) is 5.82 Å². The molecule has 2 heterocycles. The molecule has 36 heavy (non-hydrogen) atoms. The average molecular weight is 542 g/mol. The van der Waals surface area contributed by atoms with Crippen LogP contribution in [0.2, 0.25) is 5.02 Å². The van der Waals surface area contributed by atoms with Crippen molar-refractivity contribution in [1.29, 1.82) is 0 Å². The Hall–Kier alpha value is -2.54. The quantitative estimate of drug-likeness (QED) is 0.430. The lowest BCUT2D eigenvalue weighted by molar-refractivity contribution is 0.0697. The zero-order chi connectivity index (χ0) is 26.5. The van der Waals surface area contributed by atoms with Gasteiger partial charge < -0.3 is 25.6 Å². The van der Waals surface area contributed by atoms with E-state index in [4.69, 9.17) is 17.3 Å². The Balaban J connectivity index is 1.47. The SMILES string of the molecule is CC(C)(C(O)CN)S(=O)(=O)C1(CN2CCn3c(cnc3C(=O)NCc3ccc(Cl)c(F)c3)C2=O)CC1. The molecule has 2 amide bonds. The van der Waals surface area contributed by atoms with Crippen molar-refractivity contribution in [2.75, 3.05) is 19.6 Å². The summed E-state index contributed by atoms with van der Waals surface area (Å²) in [6, 6.07) is 4.21. The lowest BCUT2D eigenvalue weighted by Crippen LogP contribution is -2.56. The number of aliphatic hydroxyl groups is 1. The molecule has 1 fully saturated rings. The smallest absolute Gasteiger partial charge is 0.287 e. The van der Waals surface area contributed by atoms with Crippen LogP contribution in [0.5, 0.6) is 0 Å². The van der Waals surface area contributed by atoms with Crippen LogP contribution in [-0.4, -0.2) is 75.0 Å². The van der Waals surface area contributed by atoms with E-state index in [0.29, 0.717) is 18.4 Å². The number of halogens is 2. The lowest BCUT2D eigenvalue weighted by atomic mass is 10.1. The number of imidazole rings is 1. The maximum atomic E-state index is 13.6. The van der Waals surface area contributed by atoms with E-state index in [-0.39, 0.29) is 49.3 Å². The molecule has 13 heteroatoms. The van der Waals surface area contributed by atoms with Crippen LogP contribution in [0.4, 0.5) is 4.39 Å². The highest BCUT2D eigenvalue weighted by molar-refractivity contribution is 7.94. The number of rotatable bonds is 9. The first-order valence-electron chi connectivity index (χ1n) is 11.5. The van der Waals surface area contributed by atoms with Gasteiger partial charge in [-0.15, -0.1) is 0 Å². The Morgan fingerprint density at radius 3 is 2.67 bits per heavy atom. The van der Waals surface area contributed by atoms with Gasteiger partial charge in [-0.2, -0.15) is 0 Å². The minimum absolute atomic E-state index is 0.0102. The monoisotopic (exact) mass is 541 g/mol. The van der Waals surface area contributed by atoms with Gasteiger partial charge in [0.1, 0.15) is 11.5 Å². The van der Waals surface area contributed by atoms with Gasteiger partial charge in [0.25, 0.3) is 11.8 Å². The van der Waals surface area contributed by atoms with Crippen LogP contribution in [0.15, 0.2) is 24.4 Å². The maximum Gasteiger partial charge on any atom is 0.287 e. The van der Waals surface area contributed by atoms with E-state index in [1.165, 1.54) is 41.6 Å². The van der Waals surface area contributed by atoms with Crippen molar-refractivity contribution in [2.24, 2.45) is 5.73 Å². The molecular formula is C23H29ClFN5O5S. The van der Waals surface area contributed by atoms with Gasteiger partial charge >= 0.3 is 0 Å². The Kier molecular flexibility index (Phi) is 6.93. The summed E-state index contributed by atoms with van der Waals surface area (Å²) in [5.74, 6) is -1.51. The van der Waals surface area contributed by atoms with Gasteiger partial charge in [-0.25, -0.2) is 17.8 Å². The average Bonchev–Trinajstić information content (AvgIpc) is 3.51. The summed E-state index contributed by atoms with van der Waals surface area (Å²) < 4.78 is 39.4. The zero-order valence-electron chi connectivity index (χ0n) is 20.0. The highest BCUT2D eigenvalue weighted by Gasteiger charge is 2.62. The summed E-state index contributed by atoms with van der Waals surface area (Å²) in [4.78, 5) is 31.5. The number of fused-ring (bicyclic) bond motifs is 1. The predicted octanol–water partition coefficient (Wildman–Crippen LogP) is 1.11. The van der Waals surface area contributed by atoms with Gasteiger partial charge in [0, 0.05) is 32.7 Å². The van der Waals surface area contributed by atoms with Crippen molar-refractivity contribution in [3.05, 3.63) is 52.3 Å². The number of aliphatic hydroxyl groups excluding tert-OH is 1. The van der Waals surface area contributed by atoms with Gasteiger partial charge in [-0.1, -0.05) is 17.7 Å². The van der Waals surface area contributed by atoms with E-state index in [1.54, 1.807) is 6.07 Å². The van der Waals surface area contributed by atoms with Crippen molar-refractivity contribution in [2.45, 2.75) is 55.4 Å². The molecule has 0 spiro atoms. The normalized spacial score (nSPS) is 18.1. The lowest BCUT2D eigenvalue weighted by Gasteiger charge is -2.37. The van der Waals surface area contributed by atoms with Crippen molar-refractivity contribution < 1.29 is 27.5 Å². The van der Waals surface area contributed by atoms with Crippen LogP contribution in [0.3, 0.4) is 0 Å². The number of nitrogens with two attached hydrogens (primary N) is 1. The van der Waals surface area contributed by atoms with Crippen molar-refractivity contribution in [3.63, 3.8) is 0 Å². The third-order valence-corrected chi connectivity index (χ3v) is 10.8. The molecule has 0 radical (unpaired) electrons. The summed E-state index contributed by atoms with van der Waals surface area (Å²) in [7, 11) is -3.83. The summed E-state index contributed by atoms with van der Waals surface area (Å²) in [5.41, 5.74) is 6.22. The molecule has 0 saturated heterocycles. The first kappa shape index (κ1) is 26.5. The molecule has 4 N–H and O–H groups in total. The molecule has 0 bridgehead atoms. The van der Waals surface area contributed by atoms with Gasteiger partial charge in [-0.3, -0.25) is 9.59 Å². The molecule has 1 saturated carbocycles. The molecule has 4 rings (SSSR count). The number of nitrogens with one attached hydrogen (secondary N) is 1. The molecule has 1 aliphatic heterocycles. The highest BCUT2D eigenvalue weighted by Crippen LogP contribution is 2.49. The van der Waals surface area contributed by atoms with E-state index in [9.17, 15) is 27.5 Å². The molecular weight excluding hydrogens is 513 g/mol. The van der Waals surface area contributed by atoms with Gasteiger partial charge in [0.15, 0.2) is 15.7 Å². The molecule has 1 aromatic heterocycles. The van der Waals surface area contributed by atoms with Gasteiger partial charge in [-0.05, 0) is 44.4 Å². The van der Waals surface area contributed by atoms with E-state index in [2.05, 4.69) is 10.3 Å². The van der Waals surface area contributed by atoms with E-state index < -0.39 is 43.1 Å². The minimum atomic E-state index is -3.83. The van der Waals surface area contributed by atoms with Crippen LogP contribution in [0.25, 0.3) is 0 Å². The zero-order valence-corrected chi connectivity index (χ0v) is 21.6. The van der Waals surface area contributed by atoms with Crippen LogP contribution in [-0.2, 0) is 22.9 Å². The number of benzene rings is 1. The van der Waals surface area contributed by atoms with E-state index in [1.807, 2.05) is 0 Å². The van der Waals surface area contributed by atoms with Crippen LogP contribution >= 0.6 is 11.6 Å². The highest BCUT2D eigenvalue weighted by atomic mass is 35.5. The van der Waals surface area contributed by atoms with Crippen molar-refractivity contribution in [1.82, 2.24) is 19.8 Å². The Morgan fingerprint density at radius 2 is 2.06 bits per heavy atom. The molecule has 1 aliphatic carbocycles. The second-order valence-corrected chi connectivity index (χ2v) is 13.2. The Labute approximate surface area is 213 Å². The molecule has 196 valence electrons. The number of amides is 2. The topological polar surface area (TPSA) is 148 Å². The Bertz CT molecular complexity index is 1310. The van der Waals surface area contributed by atoms with Gasteiger partial charge in [0.05, 0.1) is 26.8 Å². The Morgan fingerprint density at radius 1 is 1.36 bits per heavy atom. The largest absolute Gasteiger partial charge is 0.390 e. The number of aromatic nitrogens is 2. The molecule has 2 aromatic rings. The first-order chi connectivity index (χ1) is 16.8. The second kappa shape index (κ2) is 9.40. The van der Waals surface area contributed by atoms with E-state index in [0.717, 1.165) is 0 Å². The fourth-order valence-corrected chi connectivity index (χ4v) is 7.17. The number of nitrogens with zero attached hydrogens (tertiary/aromatic N) is 3. The molecule has 1 aromatic carbocycles. The second-order valence-electron chi connectivity index (χ2n) is 9.82. The summed E-state index contributed by atoms with van der Waals surface area (Å²) >= 11 is 5.68. The van der Waals surface area contributed by atoms with Crippen molar-refractivity contribution in [3.8, 4) is 0 Å². The summed E-state index contributed by atoms with van der Waals surface area (Å²) in [6.07, 6.45) is 0.835. The molecule has 1 atom stereocenters. The predicted molar refractivity (Wildman–Crippen MR) is 131 cm³/mol. The molecule has 1 unspecified atom stereocenters. The number of hydrogen-bond donors (Lipinski definition) is 3. The van der Waals surface area contributed by atoms with Gasteiger partial charge in [0.2, 0.25) is 0 Å². The fraction of sp³-hybridized carbons (Fsp3) is 0.522. The molecule has 2 aliphatic rings. The van der Waals surface area contributed by atoms with Crippen LogP contribution in [0.1, 0.15) is 53.4 Å². The van der Waals surface area contributed by atoms with Crippen molar-refractivity contribution >= 4 is 33.3 Å². The summed E-state index contributed by atoms with van der Waals surface area (Å²) in [6.45, 7) is 3.20. The number of hydrogen-bond acceptors (Lipinski definition) is 7. The number of carbonyl (C=O) groups is 2. The summed E-state index contributed by atoms with van der Waals surface area (Å²) in [5, 5.41) is 12.9. The maximum absolute atomic E-state index is 13.6. The number of carbonyl (C=O) groups excluding carboxylic acids is 2.